The summed E-state index contributed by atoms with van der Waals surface area (Å²) in [5.74, 6) is 1.88. The van der Waals surface area contributed by atoms with Crippen molar-refractivity contribution in [3.8, 4) is 11.5 Å². The van der Waals surface area contributed by atoms with Gasteiger partial charge < -0.3 is 15.2 Å². The van der Waals surface area contributed by atoms with Crippen LogP contribution in [0, 0.1) is 13.8 Å². The molecular formula is C20H27NO2. The molecule has 0 spiro atoms. The van der Waals surface area contributed by atoms with E-state index in [9.17, 15) is 0 Å². The third-order valence-electron chi connectivity index (χ3n) is 4.19. The molecule has 0 aromatic heterocycles. The third-order valence-corrected chi connectivity index (χ3v) is 4.19. The lowest BCUT2D eigenvalue weighted by Gasteiger charge is -2.21. The molecule has 2 N–H and O–H groups in total. The summed E-state index contributed by atoms with van der Waals surface area (Å²) < 4.78 is 11.3. The number of benzene rings is 2. The number of hydrogen-bond acceptors (Lipinski definition) is 3. The average Bonchev–Trinajstić information content (AvgIpc) is 2.54. The molecule has 1 atom stereocenters. The fourth-order valence-electron chi connectivity index (χ4n) is 3.06. The summed E-state index contributed by atoms with van der Waals surface area (Å²) in [6.45, 7) is 7.47. The third kappa shape index (κ3) is 4.05. The minimum atomic E-state index is 0.266. The van der Waals surface area contributed by atoms with Gasteiger partial charge in [0, 0.05) is 5.92 Å². The van der Waals surface area contributed by atoms with Crippen LogP contribution in [0.15, 0.2) is 36.4 Å². The first-order valence-corrected chi connectivity index (χ1v) is 8.16. The maximum absolute atomic E-state index is 6.08. The Morgan fingerprint density at radius 1 is 1.13 bits per heavy atom. The molecule has 2 rings (SSSR count). The van der Waals surface area contributed by atoms with Crippen LogP contribution in [-0.4, -0.2) is 20.3 Å². The van der Waals surface area contributed by atoms with Gasteiger partial charge in [-0.15, -0.1) is 0 Å². The largest absolute Gasteiger partial charge is 0.493 e. The number of aryl methyl sites for hydroxylation is 2. The van der Waals surface area contributed by atoms with Crippen LogP contribution >= 0.6 is 0 Å². The van der Waals surface area contributed by atoms with Crippen LogP contribution in [0.2, 0.25) is 0 Å². The second-order valence-corrected chi connectivity index (χ2v) is 5.88. The number of nitrogens with two attached hydrogens (primary N) is 1. The molecule has 2 aromatic rings. The smallest absolute Gasteiger partial charge is 0.164 e. The van der Waals surface area contributed by atoms with Crippen molar-refractivity contribution < 1.29 is 9.47 Å². The molecule has 23 heavy (non-hydrogen) atoms. The number of hydrogen-bond donors (Lipinski definition) is 1. The fourth-order valence-corrected chi connectivity index (χ4v) is 3.06. The lowest BCUT2D eigenvalue weighted by molar-refractivity contribution is 0.307. The molecule has 124 valence electrons. The van der Waals surface area contributed by atoms with E-state index in [1.54, 1.807) is 7.11 Å². The van der Waals surface area contributed by atoms with E-state index >= 15 is 0 Å². The van der Waals surface area contributed by atoms with Crippen LogP contribution in [-0.2, 0) is 6.42 Å². The summed E-state index contributed by atoms with van der Waals surface area (Å²) in [5.41, 5.74) is 11.1. The molecule has 0 bridgehead atoms. The lowest BCUT2D eigenvalue weighted by atomic mass is 9.88. The van der Waals surface area contributed by atoms with E-state index in [1.165, 1.54) is 16.7 Å². The second-order valence-electron chi connectivity index (χ2n) is 5.88. The highest BCUT2D eigenvalue weighted by Gasteiger charge is 2.18. The van der Waals surface area contributed by atoms with Crippen LogP contribution in [0.3, 0.4) is 0 Å². The van der Waals surface area contributed by atoms with Gasteiger partial charge in [0.05, 0.1) is 13.7 Å². The Labute approximate surface area is 139 Å². The molecule has 0 saturated heterocycles. The maximum atomic E-state index is 6.08. The highest BCUT2D eigenvalue weighted by atomic mass is 16.5. The van der Waals surface area contributed by atoms with Crippen LogP contribution in [0.5, 0.6) is 11.5 Å². The lowest BCUT2D eigenvalue weighted by Crippen LogP contribution is -2.17. The van der Waals surface area contributed by atoms with Gasteiger partial charge in [-0.3, -0.25) is 0 Å². The second kappa shape index (κ2) is 8.02. The average molecular weight is 313 g/mol. The zero-order chi connectivity index (χ0) is 16.8. The molecule has 0 aliphatic rings. The zero-order valence-corrected chi connectivity index (χ0v) is 14.6. The van der Waals surface area contributed by atoms with Gasteiger partial charge in [0.25, 0.3) is 0 Å². The molecule has 0 radical (unpaired) electrons. The number of methoxy groups -OCH3 is 1. The van der Waals surface area contributed by atoms with Gasteiger partial charge >= 0.3 is 0 Å². The van der Waals surface area contributed by atoms with Gasteiger partial charge in [0.15, 0.2) is 11.5 Å². The Morgan fingerprint density at radius 2 is 1.91 bits per heavy atom. The quantitative estimate of drug-likeness (QED) is 0.840. The predicted molar refractivity (Wildman–Crippen MR) is 95.6 cm³/mol. The van der Waals surface area contributed by atoms with Crippen molar-refractivity contribution >= 4 is 0 Å². The van der Waals surface area contributed by atoms with Crippen molar-refractivity contribution in [3.63, 3.8) is 0 Å². The number of ether oxygens (including phenoxy) is 2. The predicted octanol–water partition coefficient (Wildman–Crippen LogP) is 4.00. The summed E-state index contributed by atoms with van der Waals surface area (Å²) in [6, 6.07) is 12.6. The van der Waals surface area contributed by atoms with Gasteiger partial charge in [-0.05, 0) is 56.5 Å². The van der Waals surface area contributed by atoms with E-state index in [2.05, 4.69) is 38.1 Å². The SMILES string of the molecule is CCOc1c(CC(CN)c2ccc(C)cc2C)cccc1OC. The molecule has 0 saturated carbocycles. The summed E-state index contributed by atoms with van der Waals surface area (Å²) in [6.07, 6.45) is 0.840. The van der Waals surface area contributed by atoms with E-state index in [1.807, 2.05) is 19.1 Å². The van der Waals surface area contributed by atoms with Gasteiger partial charge in [-0.25, -0.2) is 0 Å². The first kappa shape index (κ1) is 17.4. The van der Waals surface area contributed by atoms with Gasteiger partial charge in [-0.1, -0.05) is 35.9 Å². The Bertz CT molecular complexity index is 652. The van der Waals surface area contributed by atoms with Crippen molar-refractivity contribution in [2.75, 3.05) is 20.3 Å². The van der Waals surface area contributed by atoms with Crippen LogP contribution in [0.4, 0.5) is 0 Å². The summed E-state index contributed by atoms with van der Waals surface area (Å²) in [7, 11) is 1.67. The normalized spacial score (nSPS) is 12.0. The van der Waals surface area contributed by atoms with E-state index < -0.39 is 0 Å². The molecule has 0 heterocycles. The molecular weight excluding hydrogens is 286 g/mol. The van der Waals surface area contributed by atoms with Crippen molar-refractivity contribution in [1.82, 2.24) is 0 Å². The highest BCUT2D eigenvalue weighted by Crippen LogP contribution is 2.35. The summed E-state index contributed by atoms with van der Waals surface area (Å²) in [5, 5.41) is 0. The van der Waals surface area contributed by atoms with E-state index in [0.717, 1.165) is 23.5 Å². The van der Waals surface area contributed by atoms with Crippen molar-refractivity contribution in [3.05, 3.63) is 58.7 Å². The van der Waals surface area contributed by atoms with Gasteiger partial charge in [0.2, 0.25) is 0 Å². The maximum Gasteiger partial charge on any atom is 0.164 e. The number of para-hydroxylation sites is 1. The summed E-state index contributed by atoms with van der Waals surface area (Å²) >= 11 is 0. The van der Waals surface area contributed by atoms with Crippen LogP contribution < -0.4 is 15.2 Å². The van der Waals surface area contributed by atoms with Crippen LogP contribution in [0.1, 0.15) is 35.1 Å². The molecule has 3 heteroatoms. The zero-order valence-electron chi connectivity index (χ0n) is 14.6. The molecule has 0 aliphatic heterocycles. The van der Waals surface area contributed by atoms with Gasteiger partial charge in [0.1, 0.15) is 0 Å². The van der Waals surface area contributed by atoms with Crippen LogP contribution in [0.25, 0.3) is 0 Å². The molecule has 0 aliphatic carbocycles. The highest BCUT2D eigenvalue weighted by molar-refractivity contribution is 5.48. The van der Waals surface area contributed by atoms with E-state index in [4.69, 9.17) is 15.2 Å². The molecule has 2 aromatic carbocycles. The van der Waals surface area contributed by atoms with E-state index in [-0.39, 0.29) is 5.92 Å². The monoisotopic (exact) mass is 313 g/mol. The van der Waals surface area contributed by atoms with Crippen molar-refractivity contribution in [2.24, 2.45) is 5.73 Å². The minimum absolute atomic E-state index is 0.266. The fraction of sp³-hybridized carbons (Fsp3) is 0.400. The topological polar surface area (TPSA) is 44.5 Å². The standard InChI is InChI=1S/C20H27NO2/c1-5-23-20-16(7-6-8-19(20)22-4)12-17(13-21)18-10-9-14(2)11-15(18)3/h6-11,17H,5,12-13,21H2,1-4H3. The Balaban J connectivity index is 2.35. The minimum Gasteiger partial charge on any atom is -0.493 e. The molecule has 3 nitrogen and oxygen atoms in total. The Kier molecular flexibility index (Phi) is 6.05. The molecule has 0 amide bonds. The summed E-state index contributed by atoms with van der Waals surface area (Å²) in [4.78, 5) is 0. The van der Waals surface area contributed by atoms with Crippen molar-refractivity contribution in [2.45, 2.75) is 33.1 Å². The molecule has 1 unspecified atom stereocenters. The van der Waals surface area contributed by atoms with E-state index in [0.29, 0.717) is 13.2 Å². The Hall–Kier alpha value is -2.00. The first-order chi connectivity index (χ1) is 11.1. The molecule has 0 fully saturated rings. The number of rotatable bonds is 7. The van der Waals surface area contributed by atoms with Crippen molar-refractivity contribution in [1.29, 1.82) is 0 Å². The Morgan fingerprint density at radius 3 is 2.52 bits per heavy atom. The van der Waals surface area contributed by atoms with Gasteiger partial charge in [-0.2, -0.15) is 0 Å². The first-order valence-electron chi connectivity index (χ1n) is 8.16.